The van der Waals surface area contributed by atoms with E-state index in [0.717, 1.165) is 11.1 Å². The molecule has 134 valence electrons. The van der Waals surface area contributed by atoms with E-state index in [-0.39, 0.29) is 12.0 Å². The van der Waals surface area contributed by atoms with Crippen molar-refractivity contribution >= 4 is 11.9 Å². The minimum absolute atomic E-state index is 0.0364. The predicted molar refractivity (Wildman–Crippen MR) is 91.6 cm³/mol. The molecular formula is C20H24O5. The van der Waals surface area contributed by atoms with Crippen molar-refractivity contribution in [1.82, 2.24) is 0 Å². The Hall–Kier alpha value is -2.14. The quantitative estimate of drug-likeness (QED) is 0.479. The summed E-state index contributed by atoms with van der Waals surface area (Å²) in [6.07, 6.45) is 2.49. The number of methoxy groups -OCH3 is 2. The highest BCUT2D eigenvalue weighted by Gasteiger charge is 2.59. The van der Waals surface area contributed by atoms with Crippen LogP contribution in [0.3, 0.4) is 0 Å². The van der Waals surface area contributed by atoms with Crippen molar-refractivity contribution in [2.24, 2.45) is 11.3 Å². The van der Waals surface area contributed by atoms with E-state index in [4.69, 9.17) is 14.2 Å². The van der Waals surface area contributed by atoms with Gasteiger partial charge in [-0.05, 0) is 32.3 Å². The van der Waals surface area contributed by atoms with Crippen LogP contribution in [-0.2, 0) is 23.8 Å². The molecule has 0 spiro atoms. The van der Waals surface area contributed by atoms with Crippen LogP contribution in [0.4, 0.5) is 0 Å². The molecule has 0 bridgehead atoms. The fraction of sp³-hybridized carbons (Fsp3) is 0.500. The average molecular weight is 344 g/mol. The number of hydrogen-bond acceptors (Lipinski definition) is 5. The maximum absolute atomic E-state index is 12.5. The van der Waals surface area contributed by atoms with Crippen LogP contribution < -0.4 is 0 Å². The fourth-order valence-electron chi connectivity index (χ4n) is 4.12. The zero-order valence-corrected chi connectivity index (χ0v) is 15.1. The van der Waals surface area contributed by atoms with E-state index in [2.05, 4.69) is 0 Å². The maximum atomic E-state index is 12.5. The van der Waals surface area contributed by atoms with E-state index < -0.39 is 23.0 Å². The number of carbonyl (C=O) groups is 2. The van der Waals surface area contributed by atoms with Crippen LogP contribution in [0.15, 0.2) is 42.0 Å². The summed E-state index contributed by atoms with van der Waals surface area (Å²) in [5, 5.41) is 0. The molecule has 0 amide bonds. The van der Waals surface area contributed by atoms with Crippen molar-refractivity contribution in [3.05, 3.63) is 47.5 Å². The second-order valence-corrected chi connectivity index (χ2v) is 7.29. The molecule has 3 rings (SSSR count). The first-order valence-electron chi connectivity index (χ1n) is 8.44. The summed E-state index contributed by atoms with van der Waals surface area (Å²) in [6, 6.07) is 9.93. The summed E-state index contributed by atoms with van der Waals surface area (Å²) in [7, 11) is 2.61. The number of rotatable bonds is 3. The third kappa shape index (κ3) is 2.86. The molecule has 1 aromatic rings. The summed E-state index contributed by atoms with van der Waals surface area (Å²) in [6.45, 7) is 4.01. The van der Waals surface area contributed by atoms with Gasteiger partial charge in [0.05, 0.1) is 19.8 Å². The van der Waals surface area contributed by atoms with Crippen molar-refractivity contribution in [2.75, 3.05) is 14.2 Å². The smallest absolute Gasteiger partial charge is 0.323 e. The van der Waals surface area contributed by atoms with Gasteiger partial charge in [0.2, 0.25) is 0 Å². The van der Waals surface area contributed by atoms with Crippen molar-refractivity contribution in [2.45, 2.75) is 38.4 Å². The molecule has 0 radical (unpaired) electrons. The monoisotopic (exact) mass is 344 g/mol. The van der Waals surface area contributed by atoms with Gasteiger partial charge in [0, 0.05) is 5.92 Å². The van der Waals surface area contributed by atoms with E-state index in [1.165, 1.54) is 14.2 Å². The van der Waals surface area contributed by atoms with Gasteiger partial charge in [-0.3, -0.25) is 9.59 Å². The van der Waals surface area contributed by atoms with E-state index in [1.807, 2.05) is 50.3 Å². The first-order valence-corrected chi connectivity index (χ1v) is 8.44. The minimum atomic E-state index is -1.29. The number of fused-ring (bicyclic) bond motifs is 1. The molecule has 0 saturated heterocycles. The minimum Gasteiger partial charge on any atom is -0.468 e. The first kappa shape index (κ1) is 17.7. The number of carbonyl (C=O) groups excluding carboxylic acids is 2. The molecule has 1 aliphatic heterocycles. The van der Waals surface area contributed by atoms with Crippen LogP contribution in [0.2, 0.25) is 0 Å². The van der Waals surface area contributed by atoms with Crippen LogP contribution in [0.25, 0.3) is 0 Å². The summed E-state index contributed by atoms with van der Waals surface area (Å²) < 4.78 is 16.2. The molecule has 25 heavy (non-hydrogen) atoms. The van der Waals surface area contributed by atoms with Crippen LogP contribution in [-0.4, -0.2) is 31.8 Å². The second kappa shape index (κ2) is 6.30. The van der Waals surface area contributed by atoms with Crippen LogP contribution in [0, 0.1) is 11.3 Å². The Kier molecular flexibility index (Phi) is 4.45. The summed E-state index contributed by atoms with van der Waals surface area (Å²) in [4.78, 5) is 24.9. The van der Waals surface area contributed by atoms with Crippen molar-refractivity contribution in [1.29, 1.82) is 0 Å². The van der Waals surface area contributed by atoms with Gasteiger partial charge in [-0.2, -0.15) is 0 Å². The fourth-order valence-corrected chi connectivity index (χ4v) is 4.12. The lowest BCUT2D eigenvalue weighted by molar-refractivity contribution is -0.169. The van der Waals surface area contributed by atoms with Crippen molar-refractivity contribution in [3.8, 4) is 0 Å². The van der Waals surface area contributed by atoms with Crippen LogP contribution >= 0.6 is 0 Å². The summed E-state index contributed by atoms with van der Waals surface area (Å²) in [5.74, 6) is -1.12. The lowest BCUT2D eigenvalue weighted by Gasteiger charge is -2.40. The molecular weight excluding hydrogens is 320 g/mol. The normalized spacial score (nSPS) is 26.3. The van der Waals surface area contributed by atoms with Gasteiger partial charge in [-0.1, -0.05) is 42.0 Å². The molecule has 0 unspecified atom stereocenters. The standard InChI is InChI=1S/C20H24O5/c1-19(2)15-12-20(17(21)23-3,18(22)24-4)11-14(15)10-16(25-19)13-8-6-5-7-9-13/h5-10,15-16H,11-12H2,1-4H3/t15-,16+/m1/s1. The van der Waals surface area contributed by atoms with Gasteiger partial charge in [0.15, 0.2) is 5.41 Å². The Labute approximate surface area is 148 Å². The topological polar surface area (TPSA) is 61.8 Å². The zero-order valence-electron chi connectivity index (χ0n) is 15.1. The Bertz CT molecular complexity index is 688. The first-order chi connectivity index (χ1) is 11.8. The molecule has 1 fully saturated rings. The third-order valence-electron chi connectivity index (χ3n) is 5.42. The van der Waals surface area contributed by atoms with Crippen molar-refractivity contribution in [3.63, 3.8) is 0 Å². The predicted octanol–water partition coefficient (Wildman–Crippen LogP) is 3.21. The SMILES string of the molecule is COC(=O)C1(C(=O)OC)CC2=C[C@@H](c3ccccc3)OC(C)(C)[C@@H]2C1. The van der Waals surface area contributed by atoms with Gasteiger partial charge >= 0.3 is 11.9 Å². The highest BCUT2D eigenvalue weighted by atomic mass is 16.5. The Balaban J connectivity index is 2.02. The lowest BCUT2D eigenvalue weighted by Crippen LogP contribution is -2.42. The molecule has 1 heterocycles. The van der Waals surface area contributed by atoms with Gasteiger partial charge in [-0.25, -0.2) is 0 Å². The molecule has 0 N–H and O–H groups in total. The Morgan fingerprint density at radius 2 is 1.68 bits per heavy atom. The largest absolute Gasteiger partial charge is 0.468 e. The molecule has 1 aromatic carbocycles. The molecule has 2 aliphatic rings. The van der Waals surface area contributed by atoms with Gasteiger partial charge in [0.1, 0.15) is 6.10 Å². The Morgan fingerprint density at radius 3 is 2.24 bits per heavy atom. The van der Waals surface area contributed by atoms with Crippen molar-refractivity contribution < 1.29 is 23.8 Å². The van der Waals surface area contributed by atoms with E-state index >= 15 is 0 Å². The van der Waals surface area contributed by atoms with Crippen LogP contribution in [0.5, 0.6) is 0 Å². The van der Waals surface area contributed by atoms with Gasteiger partial charge in [-0.15, -0.1) is 0 Å². The van der Waals surface area contributed by atoms with E-state index in [0.29, 0.717) is 12.8 Å². The second-order valence-electron chi connectivity index (χ2n) is 7.29. The maximum Gasteiger partial charge on any atom is 0.323 e. The highest BCUT2D eigenvalue weighted by Crippen LogP contribution is 2.55. The lowest BCUT2D eigenvalue weighted by atomic mass is 9.80. The van der Waals surface area contributed by atoms with Gasteiger partial charge in [0.25, 0.3) is 0 Å². The number of ether oxygens (including phenoxy) is 3. The van der Waals surface area contributed by atoms with E-state index in [9.17, 15) is 9.59 Å². The third-order valence-corrected chi connectivity index (χ3v) is 5.42. The van der Waals surface area contributed by atoms with Gasteiger partial charge < -0.3 is 14.2 Å². The number of hydrogen-bond donors (Lipinski definition) is 0. The molecule has 1 aliphatic carbocycles. The summed E-state index contributed by atoms with van der Waals surface area (Å²) >= 11 is 0. The molecule has 1 saturated carbocycles. The summed E-state index contributed by atoms with van der Waals surface area (Å²) in [5.41, 5.74) is 0.316. The zero-order chi connectivity index (χ0) is 18.2. The highest BCUT2D eigenvalue weighted by molar-refractivity contribution is 6.01. The Morgan fingerprint density at radius 1 is 1.08 bits per heavy atom. The average Bonchev–Trinajstić information content (AvgIpc) is 3.02. The molecule has 5 nitrogen and oxygen atoms in total. The van der Waals surface area contributed by atoms with Crippen LogP contribution in [0.1, 0.15) is 38.4 Å². The molecule has 2 atom stereocenters. The molecule has 5 heteroatoms. The van der Waals surface area contributed by atoms with E-state index in [1.54, 1.807) is 0 Å². The molecule has 0 aromatic heterocycles. The number of esters is 2. The number of benzene rings is 1.